The number of anilines is 1. The van der Waals surface area contributed by atoms with Gasteiger partial charge < -0.3 is 25.2 Å². The fourth-order valence-corrected chi connectivity index (χ4v) is 5.59. The molecule has 2 aromatic carbocycles. The smallest absolute Gasteiger partial charge is 0.343 e. The summed E-state index contributed by atoms with van der Waals surface area (Å²) >= 11 is 0. The van der Waals surface area contributed by atoms with Crippen molar-refractivity contribution >= 4 is 11.7 Å². The largest absolute Gasteiger partial charge is 0.482 e. The molecular weight excluding hydrogens is 392 g/mol. The zero-order chi connectivity index (χ0) is 21.9. The molecule has 5 atom stereocenters. The minimum absolute atomic E-state index is 0.197. The molecule has 0 spiro atoms. The quantitative estimate of drug-likeness (QED) is 0.342. The van der Waals surface area contributed by atoms with Crippen molar-refractivity contribution in [3.8, 4) is 11.5 Å². The van der Waals surface area contributed by atoms with Gasteiger partial charge in [-0.3, -0.25) is 0 Å². The fraction of sp³-hybridized carbons (Fsp3) is 0.400. The summed E-state index contributed by atoms with van der Waals surface area (Å²) in [6.07, 6.45) is 3.75. The molecule has 6 nitrogen and oxygen atoms in total. The normalized spacial score (nSPS) is 30.1. The predicted molar refractivity (Wildman–Crippen MR) is 118 cm³/mol. The van der Waals surface area contributed by atoms with Crippen molar-refractivity contribution in [3.05, 3.63) is 65.2 Å². The maximum absolute atomic E-state index is 12.7. The summed E-state index contributed by atoms with van der Waals surface area (Å²) in [6.45, 7) is 5.28. The van der Waals surface area contributed by atoms with Crippen molar-refractivity contribution in [2.45, 2.75) is 43.9 Å². The topological polar surface area (TPSA) is 85.0 Å². The first-order chi connectivity index (χ1) is 14.8. The van der Waals surface area contributed by atoms with E-state index in [1.54, 1.807) is 24.3 Å². The molecular formula is C25H28N2O4. The van der Waals surface area contributed by atoms with Crippen LogP contribution < -0.4 is 15.2 Å². The highest BCUT2D eigenvalue weighted by Gasteiger charge is 2.60. The summed E-state index contributed by atoms with van der Waals surface area (Å²) in [4.78, 5) is 15.1. The van der Waals surface area contributed by atoms with Gasteiger partial charge in [0, 0.05) is 28.6 Å². The Morgan fingerprint density at radius 3 is 2.71 bits per heavy atom. The second kappa shape index (κ2) is 7.11. The van der Waals surface area contributed by atoms with Crippen LogP contribution in [0, 0.1) is 5.92 Å². The number of nitrogens with two attached hydrogens (primary N) is 1. The number of carbonyl (C=O) groups excluding carboxylic acids is 1. The summed E-state index contributed by atoms with van der Waals surface area (Å²) in [5.74, 6) is 0.709. The molecule has 31 heavy (non-hydrogen) atoms. The summed E-state index contributed by atoms with van der Waals surface area (Å²) in [7, 11) is 2.15. The molecule has 3 N–H and O–H groups in total. The van der Waals surface area contributed by atoms with E-state index in [1.807, 2.05) is 18.2 Å². The number of benzene rings is 2. The van der Waals surface area contributed by atoms with Crippen molar-refractivity contribution in [3.63, 3.8) is 0 Å². The minimum atomic E-state index is -0.715. The number of likely N-dealkylation sites (N-methyl/N-ethyl adjacent to an activating group) is 1. The van der Waals surface area contributed by atoms with E-state index in [0.29, 0.717) is 28.8 Å². The van der Waals surface area contributed by atoms with Crippen LogP contribution in [-0.4, -0.2) is 47.8 Å². The van der Waals surface area contributed by atoms with E-state index >= 15 is 0 Å². The van der Waals surface area contributed by atoms with Crippen LogP contribution in [0.3, 0.4) is 0 Å². The first kappa shape index (κ1) is 20.1. The van der Waals surface area contributed by atoms with Crippen LogP contribution >= 0.6 is 0 Å². The molecule has 2 aromatic rings. The highest BCUT2D eigenvalue weighted by atomic mass is 16.6. The van der Waals surface area contributed by atoms with Crippen LogP contribution in [0.2, 0.25) is 0 Å². The third-order valence-corrected chi connectivity index (χ3v) is 7.36. The van der Waals surface area contributed by atoms with Gasteiger partial charge in [0.2, 0.25) is 0 Å². The fourth-order valence-electron chi connectivity index (χ4n) is 5.59. The van der Waals surface area contributed by atoms with Gasteiger partial charge in [0.15, 0.2) is 11.5 Å². The van der Waals surface area contributed by atoms with Gasteiger partial charge in [-0.15, -0.1) is 0 Å². The SMILES string of the molecule is CCN(C)[C@@H]1Cc2ccc(OC(=O)c3ccc(N)cc3)c3c2[C@]2(C)[C@H]1C=C[C@H](O)[C@@H]2O3. The average Bonchev–Trinajstić information content (AvgIpc) is 3.09. The molecule has 0 fully saturated rings. The Morgan fingerprint density at radius 1 is 1.26 bits per heavy atom. The number of rotatable bonds is 4. The van der Waals surface area contributed by atoms with Gasteiger partial charge in [0.25, 0.3) is 0 Å². The number of esters is 1. The lowest BCUT2D eigenvalue weighted by Crippen LogP contribution is -2.59. The Morgan fingerprint density at radius 2 is 2.00 bits per heavy atom. The molecule has 0 bridgehead atoms. The Hall–Kier alpha value is -2.83. The van der Waals surface area contributed by atoms with Gasteiger partial charge in [-0.05, 0) is 55.9 Å². The minimum Gasteiger partial charge on any atom is -0.482 e. The molecule has 5 rings (SSSR count). The van der Waals surface area contributed by atoms with Gasteiger partial charge >= 0.3 is 5.97 Å². The summed E-state index contributed by atoms with van der Waals surface area (Å²) < 4.78 is 12.1. The average molecular weight is 421 g/mol. The third-order valence-electron chi connectivity index (χ3n) is 7.36. The summed E-state index contributed by atoms with van der Waals surface area (Å²) in [5, 5.41) is 10.8. The zero-order valence-electron chi connectivity index (χ0n) is 18.0. The van der Waals surface area contributed by atoms with Gasteiger partial charge in [-0.1, -0.05) is 32.1 Å². The third kappa shape index (κ3) is 2.89. The lowest BCUT2D eigenvalue weighted by atomic mass is 9.57. The molecule has 1 heterocycles. The molecule has 162 valence electrons. The highest BCUT2D eigenvalue weighted by Crippen LogP contribution is 2.59. The maximum atomic E-state index is 12.7. The maximum Gasteiger partial charge on any atom is 0.343 e. The molecule has 6 heteroatoms. The van der Waals surface area contributed by atoms with Crippen molar-refractivity contribution < 1.29 is 19.4 Å². The van der Waals surface area contributed by atoms with E-state index in [2.05, 4.69) is 31.9 Å². The van der Waals surface area contributed by atoms with Gasteiger partial charge in [-0.25, -0.2) is 4.79 Å². The van der Waals surface area contributed by atoms with E-state index in [0.717, 1.165) is 18.5 Å². The monoisotopic (exact) mass is 420 g/mol. The van der Waals surface area contributed by atoms with Crippen molar-refractivity contribution in [2.24, 2.45) is 5.92 Å². The van der Waals surface area contributed by atoms with Crippen molar-refractivity contribution in [1.29, 1.82) is 0 Å². The van der Waals surface area contributed by atoms with E-state index in [1.165, 1.54) is 5.56 Å². The van der Waals surface area contributed by atoms with Crippen LogP contribution in [0.4, 0.5) is 5.69 Å². The van der Waals surface area contributed by atoms with Crippen LogP contribution in [0.1, 0.15) is 35.3 Å². The Kier molecular flexibility index (Phi) is 4.61. The number of aliphatic hydroxyl groups is 1. The molecule has 0 saturated carbocycles. The van der Waals surface area contributed by atoms with Gasteiger partial charge in [0.1, 0.15) is 12.2 Å². The Bertz CT molecular complexity index is 1060. The van der Waals surface area contributed by atoms with Gasteiger partial charge in [0.05, 0.1) is 5.56 Å². The summed E-state index contributed by atoms with van der Waals surface area (Å²) in [6, 6.07) is 10.8. The number of aliphatic hydroxyl groups excluding tert-OH is 1. The second-order valence-corrected chi connectivity index (χ2v) is 9.01. The lowest BCUT2D eigenvalue weighted by molar-refractivity contribution is -0.00732. The van der Waals surface area contributed by atoms with E-state index < -0.39 is 23.6 Å². The number of nitrogen functional groups attached to an aromatic ring is 1. The van der Waals surface area contributed by atoms with Crippen LogP contribution in [-0.2, 0) is 11.8 Å². The van der Waals surface area contributed by atoms with Crippen molar-refractivity contribution in [2.75, 3.05) is 19.3 Å². The molecule has 2 aliphatic carbocycles. The van der Waals surface area contributed by atoms with Crippen LogP contribution in [0.5, 0.6) is 11.5 Å². The molecule has 0 radical (unpaired) electrons. The van der Waals surface area contributed by atoms with Crippen LogP contribution in [0.25, 0.3) is 0 Å². The lowest BCUT2D eigenvalue weighted by Gasteiger charge is -2.50. The molecule has 1 aliphatic heterocycles. The second-order valence-electron chi connectivity index (χ2n) is 9.01. The molecule has 0 aromatic heterocycles. The van der Waals surface area contributed by atoms with E-state index in [-0.39, 0.29) is 5.92 Å². The van der Waals surface area contributed by atoms with E-state index in [9.17, 15) is 9.90 Å². The Labute approximate surface area is 182 Å². The number of ether oxygens (including phenoxy) is 2. The predicted octanol–water partition coefficient (Wildman–Crippen LogP) is 2.93. The molecule has 0 saturated heterocycles. The van der Waals surface area contributed by atoms with E-state index in [4.69, 9.17) is 15.2 Å². The molecule has 3 aliphatic rings. The number of hydrogen-bond donors (Lipinski definition) is 2. The molecule has 0 unspecified atom stereocenters. The summed E-state index contributed by atoms with van der Waals surface area (Å²) in [5.41, 5.74) is 8.59. The van der Waals surface area contributed by atoms with Gasteiger partial charge in [-0.2, -0.15) is 0 Å². The molecule has 0 amide bonds. The Balaban J connectivity index is 1.57. The zero-order valence-corrected chi connectivity index (χ0v) is 18.0. The number of carbonyl (C=O) groups is 1. The van der Waals surface area contributed by atoms with Crippen molar-refractivity contribution in [1.82, 2.24) is 4.90 Å². The number of nitrogens with zero attached hydrogens (tertiary/aromatic N) is 1. The first-order valence-corrected chi connectivity index (χ1v) is 10.8. The number of hydrogen-bond acceptors (Lipinski definition) is 6. The van der Waals surface area contributed by atoms with Crippen LogP contribution in [0.15, 0.2) is 48.6 Å². The standard InChI is InChI=1S/C25H28N2O4/c1-4-27(3)18-13-15-7-12-20(30-24(29)14-5-8-16(26)9-6-14)22-21(15)25(2)17(18)10-11-19(28)23(25)31-22/h5-12,17-19,23,28H,4,13,26H2,1-3H3/t17-,18+,19-,23-,25-/m0/s1. The first-order valence-electron chi connectivity index (χ1n) is 10.8. The highest BCUT2D eigenvalue weighted by molar-refractivity contribution is 5.92.